The number of H-pyrrole nitrogens is 1. The van der Waals surface area contributed by atoms with Crippen molar-refractivity contribution in [3.8, 4) is 5.75 Å². The minimum Gasteiger partial charge on any atom is -0.486 e. The molecule has 0 aliphatic heterocycles. The molecule has 6 nitrogen and oxygen atoms in total. The molecule has 2 aromatic heterocycles. The van der Waals surface area contributed by atoms with Crippen LogP contribution in [-0.4, -0.2) is 21.0 Å². The molecule has 4 rings (SSSR count). The van der Waals surface area contributed by atoms with Gasteiger partial charge in [-0.25, -0.2) is 4.98 Å². The van der Waals surface area contributed by atoms with Crippen LogP contribution in [0.1, 0.15) is 53.7 Å². The predicted molar refractivity (Wildman–Crippen MR) is 98.8 cm³/mol. The number of hydrogen-bond acceptors (Lipinski definition) is 4. The number of nitrogens with zero attached hydrogens (tertiary/aromatic N) is 1. The van der Waals surface area contributed by atoms with Crippen molar-refractivity contribution in [2.75, 3.05) is 0 Å². The Balaban J connectivity index is 1.43. The molecule has 1 aromatic carbocycles. The van der Waals surface area contributed by atoms with E-state index in [1.165, 1.54) is 18.4 Å². The summed E-state index contributed by atoms with van der Waals surface area (Å²) >= 11 is 0. The molecule has 1 atom stereocenters. The summed E-state index contributed by atoms with van der Waals surface area (Å²) in [7, 11) is 0. The molecular weight excluding hydrogens is 344 g/mol. The van der Waals surface area contributed by atoms with Crippen LogP contribution in [0, 0.1) is 0 Å². The predicted octanol–water partition coefficient (Wildman–Crippen LogP) is 4.07. The topological polar surface area (TPSA) is 88.3 Å². The van der Waals surface area contributed by atoms with Gasteiger partial charge >= 0.3 is 5.97 Å². The number of carboxylic acid groups (broad SMARTS) is 1. The molecule has 0 amide bonds. The highest BCUT2D eigenvalue weighted by atomic mass is 16.5. The van der Waals surface area contributed by atoms with Gasteiger partial charge in [0.1, 0.15) is 29.7 Å². The van der Waals surface area contributed by atoms with E-state index < -0.39 is 5.97 Å². The van der Waals surface area contributed by atoms with Crippen LogP contribution >= 0.6 is 0 Å². The first-order chi connectivity index (χ1) is 13.2. The molecule has 2 N–H and O–H groups in total. The number of aryl methyl sites for hydroxylation is 2. The second kappa shape index (κ2) is 7.70. The van der Waals surface area contributed by atoms with E-state index in [0.29, 0.717) is 12.4 Å². The second-order valence-corrected chi connectivity index (χ2v) is 6.85. The monoisotopic (exact) mass is 366 g/mol. The first kappa shape index (κ1) is 17.4. The second-order valence-electron chi connectivity index (χ2n) is 6.85. The quantitative estimate of drug-likeness (QED) is 0.658. The zero-order valence-electron chi connectivity index (χ0n) is 15.0. The van der Waals surface area contributed by atoms with Crippen molar-refractivity contribution in [2.24, 2.45) is 0 Å². The lowest BCUT2D eigenvalue weighted by atomic mass is 9.95. The maximum atomic E-state index is 11.2. The van der Waals surface area contributed by atoms with E-state index in [1.807, 2.05) is 24.3 Å². The summed E-state index contributed by atoms with van der Waals surface area (Å²) in [6, 6.07) is 9.59. The Bertz CT molecular complexity index is 873. The third-order valence-electron chi connectivity index (χ3n) is 4.94. The zero-order chi connectivity index (χ0) is 18.6. The fourth-order valence-corrected chi connectivity index (χ4v) is 3.59. The van der Waals surface area contributed by atoms with Crippen molar-refractivity contribution < 1.29 is 19.1 Å². The van der Waals surface area contributed by atoms with Crippen molar-refractivity contribution in [1.82, 2.24) is 9.97 Å². The van der Waals surface area contributed by atoms with Crippen LogP contribution in [-0.2, 0) is 24.2 Å². The normalized spacial score (nSPS) is 14.5. The van der Waals surface area contributed by atoms with Gasteiger partial charge in [-0.1, -0.05) is 12.1 Å². The van der Waals surface area contributed by atoms with Gasteiger partial charge in [-0.2, -0.15) is 0 Å². The number of carboxylic acids is 1. The third kappa shape index (κ3) is 4.05. The Morgan fingerprint density at radius 1 is 1.26 bits per heavy atom. The fraction of sp³-hybridized carbons (Fsp3) is 0.333. The molecule has 1 aliphatic carbocycles. The van der Waals surface area contributed by atoms with Gasteiger partial charge in [0.15, 0.2) is 0 Å². The van der Waals surface area contributed by atoms with E-state index in [0.717, 1.165) is 35.7 Å². The van der Waals surface area contributed by atoms with Crippen LogP contribution in [0.2, 0.25) is 0 Å². The van der Waals surface area contributed by atoms with Crippen LogP contribution in [0.5, 0.6) is 5.75 Å². The minimum atomic E-state index is -0.862. The molecule has 0 fully saturated rings. The zero-order valence-corrected chi connectivity index (χ0v) is 15.0. The van der Waals surface area contributed by atoms with Gasteiger partial charge in [0, 0.05) is 18.8 Å². The van der Waals surface area contributed by atoms with Gasteiger partial charge in [-0.3, -0.25) is 4.79 Å². The summed E-state index contributed by atoms with van der Waals surface area (Å²) in [6.45, 7) is 0.392. The van der Waals surface area contributed by atoms with Gasteiger partial charge in [-0.05, 0) is 48.6 Å². The molecule has 3 aromatic rings. The van der Waals surface area contributed by atoms with Gasteiger partial charge in [0.2, 0.25) is 0 Å². The highest BCUT2D eigenvalue weighted by Crippen LogP contribution is 2.28. The number of imidazole rings is 1. The number of rotatable bonds is 7. The Morgan fingerprint density at radius 2 is 2.07 bits per heavy atom. The largest absolute Gasteiger partial charge is 0.486 e. The number of benzene rings is 1. The van der Waals surface area contributed by atoms with Crippen molar-refractivity contribution in [3.63, 3.8) is 0 Å². The van der Waals surface area contributed by atoms with Crippen LogP contribution < -0.4 is 4.74 Å². The molecule has 27 heavy (non-hydrogen) atoms. The fourth-order valence-electron chi connectivity index (χ4n) is 3.59. The molecule has 1 unspecified atom stereocenters. The smallest absolute Gasteiger partial charge is 0.304 e. The first-order valence-corrected chi connectivity index (χ1v) is 9.23. The van der Waals surface area contributed by atoms with Crippen molar-refractivity contribution >= 4 is 5.97 Å². The number of aromatic nitrogens is 2. The number of ether oxygens (including phenoxy) is 1. The van der Waals surface area contributed by atoms with Crippen LogP contribution in [0.3, 0.4) is 0 Å². The molecule has 6 heteroatoms. The van der Waals surface area contributed by atoms with Gasteiger partial charge in [-0.15, -0.1) is 0 Å². The summed E-state index contributed by atoms with van der Waals surface area (Å²) in [6.07, 6.45) is 7.82. The maximum absolute atomic E-state index is 11.2. The Hall–Kier alpha value is -3.02. The van der Waals surface area contributed by atoms with Gasteiger partial charge in [0.25, 0.3) is 0 Å². The summed E-state index contributed by atoms with van der Waals surface area (Å²) in [5, 5.41) is 9.20. The number of furan rings is 1. The summed E-state index contributed by atoms with van der Waals surface area (Å²) < 4.78 is 11.7. The maximum Gasteiger partial charge on any atom is 0.304 e. The molecule has 0 bridgehead atoms. The van der Waals surface area contributed by atoms with Gasteiger partial charge in [0.05, 0.1) is 12.3 Å². The van der Waals surface area contributed by atoms with E-state index in [4.69, 9.17) is 9.15 Å². The summed E-state index contributed by atoms with van der Waals surface area (Å²) in [5.41, 5.74) is 2.19. The standard InChI is InChI=1S/C21H22N2O4/c24-20(25)12-18(21-22-9-10-23-21)14-5-7-16(8-6-14)26-13-17-11-15-3-1-2-4-19(15)27-17/h5-11,18H,1-4,12-13H2,(H,22,23)(H,24,25). The van der Waals surface area contributed by atoms with E-state index in [1.54, 1.807) is 12.4 Å². The van der Waals surface area contributed by atoms with Gasteiger partial charge < -0.3 is 19.2 Å². The van der Waals surface area contributed by atoms with Crippen molar-refractivity contribution in [1.29, 1.82) is 0 Å². The van der Waals surface area contributed by atoms with E-state index >= 15 is 0 Å². The molecule has 0 spiro atoms. The molecule has 1 aliphatic rings. The highest BCUT2D eigenvalue weighted by molar-refractivity contribution is 5.68. The lowest BCUT2D eigenvalue weighted by Crippen LogP contribution is -2.09. The van der Waals surface area contributed by atoms with E-state index in [-0.39, 0.29) is 12.3 Å². The van der Waals surface area contributed by atoms with Crippen LogP contribution in [0.4, 0.5) is 0 Å². The van der Waals surface area contributed by atoms with E-state index in [2.05, 4.69) is 16.0 Å². The first-order valence-electron chi connectivity index (χ1n) is 9.23. The van der Waals surface area contributed by atoms with Crippen LogP contribution in [0.25, 0.3) is 0 Å². The van der Waals surface area contributed by atoms with Crippen molar-refractivity contribution in [2.45, 2.75) is 44.6 Å². The number of fused-ring (bicyclic) bond motifs is 1. The lowest BCUT2D eigenvalue weighted by molar-refractivity contribution is -0.137. The molecule has 2 heterocycles. The number of nitrogens with one attached hydrogen (secondary N) is 1. The molecule has 0 saturated heterocycles. The Kier molecular flexibility index (Phi) is 4.96. The minimum absolute atomic E-state index is 0.0222. The highest BCUT2D eigenvalue weighted by Gasteiger charge is 2.20. The number of hydrogen-bond donors (Lipinski definition) is 2. The third-order valence-corrected chi connectivity index (χ3v) is 4.94. The van der Waals surface area contributed by atoms with Crippen LogP contribution in [0.15, 0.2) is 47.1 Å². The van der Waals surface area contributed by atoms with E-state index in [9.17, 15) is 9.90 Å². The Morgan fingerprint density at radius 3 is 2.78 bits per heavy atom. The number of carbonyl (C=O) groups is 1. The SMILES string of the molecule is O=C(O)CC(c1ccc(OCc2cc3c(o2)CCCC3)cc1)c1ncc[nH]1. The van der Waals surface area contributed by atoms with Crippen molar-refractivity contribution in [3.05, 3.63) is 71.2 Å². The summed E-state index contributed by atoms with van der Waals surface area (Å²) in [5.74, 6) is 2.14. The number of aromatic amines is 1. The number of aliphatic carboxylic acids is 1. The average Bonchev–Trinajstić information content (AvgIpc) is 3.34. The Labute approximate surface area is 157 Å². The lowest BCUT2D eigenvalue weighted by Gasteiger charge is -2.13. The molecule has 0 saturated carbocycles. The molecule has 0 radical (unpaired) electrons. The average molecular weight is 366 g/mol. The summed E-state index contributed by atoms with van der Waals surface area (Å²) in [4.78, 5) is 18.4. The molecule has 140 valence electrons. The molecular formula is C21H22N2O4.